The van der Waals surface area contributed by atoms with Gasteiger partial charge < -0.3 is 5.32 Å². The van der Waals surface area contributed by atoms with Crippen molar-refractivity contribution in [3.05, 3.63) is 46.2 Å². The third-order valence-corrected chi connectivity index (χ3v) is 3.79. The number of aromatic nitrogens is 2. The molecule has 0 saturated carbocycles. The lowest BCUT2D eigenvalue weighted by Crippen LogP contribution is -2.09. The zero-order valence-corrected chi connectivity index (χ0v) is 12.5. The van der Waals surface area contributed by atoms with Crippen LogP contribution in [0.25, 0.3) is 0 Å². The number of hydrogen-bond acceptors (Lipinski definition) is 2. The third kappa shape index (κ3) is 3.43. The van der Waals surface area contributed by atoms with Crippen LogP contribution in [-0.2, 0) is 6.54 Å². The van der Waals surface area contributed by atoms with E-state index in [1.54, 1.807) is 0 Å². The monoisotopic (exact) mass is 297 g/mol. The molecule has 19 heavy (non-hydrogen) atoms. The second-order valence-electron chi connectivity index (χ2n) is 4.36. The molecule has 1 aromatic carbocycles. The van der Waals surface area contributed by atoms with E-state index in [4.69, 9.17) is 23.2 Å². The van der Waals surface area contributed by atoms with Crippen LogP contribution >= 0.6 is 23.2 Å². The zero-order chi connectivity index (χ0) is 13.8. The molecule has 0 aliphatic carbocycles. The van der Waals surface area contributed by atoms with Gasteiger partial charge in [-0.05, 0) is 31.0 Å². The fourth-order valence-corrected chi connectivity index (χ4v) is 2.27. The van der Waals surface area contributed by atoms with Gasteiger partial charge >= 0.3 is 0 Å². The molecule has 1 heterocycles. The van der Waals surface area contributed by atoms with Crippen molar-refractivity contribution >= 4 is 28.9 Å². The van der Waals surface area contributed by atoms with Crippen LogP contribution in [-0.4, -0.2) is 9.78 Å². The molecule has 102 valence electrons. The number of benzene rings is 1. The number of halogens is 2. The summed E-state index contributed by atoms with van der Waals surface area (Å²) >= 11 is 12.0. The second-order valence-corrected chi connectivity index (χ2v) is 5.18. The topological polar surface area (TPSA) is 29.9 Å². The first kappa shape index (κ1) is 14.2. The van der Waals surface area contributed by atoms with Gasteiger partial charge in [-0.2, -0.15) is 5.10 Å². The summed E-state index contributed by atoms with van der Waals surface area (Å²) in [5, 5.41) is 8.88. The minimum atomic E-state index is 0.198. The average Bonchev–Trinajstić information content (AvgIpc) is 2.87. The molecule has 5 heteroatoms. The molecule has 0 amide bonds. The number of nitrogens with one attached hydrogen (secondary N) is 1. The van der Waals surface area contributed by atoms with Crippen molar-refractivity contribution in [3.8, 4) is 0 Å². The van der Waals surface area contributed by atoms with Crippen molar-refractivity contribution in [1.29, 1.82) is 0 Å². The van der Waals surface area contributed by atoms with Crippen LogP contribution < -0.4 is 5.32 Å². The highest BCUT2D eigenvalue weighted by Crippen LogP contribution is 2.28. The smallest absolute Gasteiger partial charge is 0.0731 e. The van der Waals surface area contributed by atoms with Crippen LogP contribution in [0.4, 0.5) is 5.69 Å². The summed E-state index contributed by atoms with van der Waals surface area (Å²) in [4.78, 5) is 0. The highest BCUT2D eigenvalue weighted by molar-refractivity contribution is 6.42. The minimum absolute atomic E-state index is 0.198. The number of rotatable bonds is 5. The Morgan fingerprint density at radius 3 is 2.63 bits per heavy atom. The van der Waals surface area contributed by atoms with Crippen LogP contribution in [0, 0.1) is 0 Å². The molecule has 0 fully saturated rings. The summed E-state index contributed by atoms with van der Waals surface area (Å²) in [7, 11) is 0. The van der Waals surface area contributed by atoms with Crippen molar-refractivity contribution < 1.29 is 0 Å². The van der Waals surface area contributed by atoms with E-state index in [1.807, 2.05) is 35.3 Å². The Hall–Kier alpha value is -1.19. The van der Waals surface area contributed by atoms with Gasteiger partial charge in [-0.1, -0.05) is 36.2 Å². The summed E-state index contributed by atoms with van der Waals surface area (Å²) in [5.41, 5.74) is 2.14. The van der Waals surface area contributed by atoms with Gasteiger partial charge in [-0.25, -0.2) is 0 Å². The molecule has 1 atom stereocenters. The number of aryl methyl sites for hydroxylation is 1. The van der Waals surface area contributed by atoms with E-state index in [1.165, 1.54) is 0 Å². The van der Waals surface area contributed by atoms with Gasteiger partial charge in [0.05, 0.1) is 28.0 Å². The molecule has 0 aliphatic rings. The second kappa shape index (κ2) is 6.31. The van der Waals surface area contributed by atoms with Crippen LogP contribution in [0.1, 0.15) is 31.9 Å². The van der Waals surface area contributed by atoms with Crippen LogP contribution in [0.5, 0.6) is 0 Å². The van der Waals surface area contributed by atoms with Crippen LogP contribution in [0.2, 0.25) is 10.0 Å². The highest BCUT2D eigenvalue weighted by atomic mass is 35.5. The predicted molar refractivity (Wildman–Crippen MR) is 81.0 cm³/mol. The molecular weight excluding hydrogens is 281 g/mol. The van der Waals surface area contributed by atoms with Gasteiger partial charge in [0.2, 0.25) is 0 Å². The van der Waals surface area contributed by atoms with Crippen molar-refractivity contribution in [1.82, 2.24) is 9.78 Å². The van der Waals surface area contributed by atoms with Crippen LogP contribution in [0.15, 0.2) is 30.6 Å². The predicted octanol–water partition coefficient (Wildman–Crippen LogP) is 4.77. The van der Waals surface area contributed by atoms with Gasteiger partial charge in [0.15, 0.2) is 0 Å². The molecular formula is C14H17Cl2N3. The Kier molecular flexibility index (Phi) is 4.72. The maximum Gasteiger partial charge on any atom is 0.0731 e. The molecule has 1 aromatic heterocycles. The van der Waals surface area contributed by atoms with Gasteiger partial charge in [-0.15, -0.1) is 0 Å². The van der Waals surface area contributed by atoms with Gasteiger partial charge in [0.25, 0.3) is 0 Å². The highest BCUT2D eigenvalue weighted by Gasteiger charge is 2.11. The fraction of sp³-hybridized carbons (Fsp3) is 0.357. The van der Waals surface area contributed by atoms with E-state index in [2.05, 4.69) is 24.3 Å². The molecule has 1 unspecified atom stereocenters. The zero-order valence-electron chi connectivity index (χ0n) is 11.0. The molecule has 0 spiro atoms. The summed E-state index contributed by atoms with van der Waals surface area (Å²) in [6.45, 7) is 5.06. The van der Waals surface area contributed by atoms with E-state index < -0.39 is 0 Å². The minimum Gasteiger partial charge on any atom is -0.376 e. The van der Waals surface area contributed by atoms with E-state index in [9.17, 15) is 0 Å². The van der Waals surface area contributed by atoms with Gasteiger partial charge in [0, 0.05) is 12.7 Å². The SMILES string of the molecule is CCC(Nc1cnn(CC)c1)c1ccc(Cl)c(Cl)c1. The molecule has 0 aliphatic heterocycles. The van der Waals surface area contributed by atoms with E-state index in [0.717, 1.165) is 24.2 Å². The Bertz CT molecular complexity index is 551. The maximum atomic E-state index is 6.07. The summed E-state index contributed by atoms with van der Waals surface area (Å²) in [6.07, 6.45) is 4.79. The van der Waals surface area contributed by atoms with Crippen LogP contribution in [0.3, 0.4) is 0 Å². The maximum absolute atomic E-state index is 6.07. The number of hydrogen-bond donors (Lipinski definition) is 1. The van der Waals surface area contributed by atoms with Gasteiger partial charge in [-0.3, -0.25) is 4.68 Å². The van der Waals surface area contributed by atoms with E-state index in [-0.39, 0.29) is 6.04 Å². The Morgan fingerprint density at radius 2 is 2.05 bits per heavy atom. The molecule has 0 saturated heterocycles. The largest absolute Gasteiger partial charge is 0.376 e. The fourth-order valence-electron chi connectivity index (χ4n) is 1.96. The normalized spacial score (nSPS) is 12.4. The number of nitrogens with zero attached hydrogens (tertiary/aromatic N) is 2. The summed E-state index contributed by atoms with van der Waals surface area (Å²) in [6, 6.07) is 5.94. The first-order chi connectivity index (χ1) is 9.13. The standard InChI is InChI=1S/C14H17Cl2N3/c1-3-14(10-5-6-12(15)13(16)7-10)18-11-8-17-19(4-2)9-11/h5-9,14,18H,3-4H2,1-2H3. The lowest BCUT2D eigenvalue weighted by atomic mass is 10.0. The van der Waals surface area contributed by atoms with E-state index >= 15 is 0 Å². The van der Waals surface area contributed by atoms with Crippen molar-refractivity contribution in [2.45, 2.75) is 32.9 Å². The molecule has 0 bridgehead atoms. The van der Waals surface area contributed by atoms with E-state index in [0.29, 0.717) is 10.0 Å². The lowest BCUT2D eigenvalue weighted by molar-refractivity contribution is 0.659. The molecule has 0 radical (unpaired) electrons. The van der Waals surface area contributed by atoms with Gasteiger partial charge in [0.1, 0.15) is 0 Å². The first-order valence-corrected chi connectivity index (χ1v) is 7.13. The average molecular weight is 298 g/mol. The van der Waals surface area contributed by atoms with Crippen molar-refractivity contribution in [2.75, 3.05) is 5.32 Å². The Morgan fingerprint density at radius 1 is 1.26 bits per heavy atom. The molecule has 2 aromatic rings. The third-order valence-electron chi connectivity index (χ3n) is 3.05. The first-order valence-electron chi connectivity index (χ1n) is 6.38. The van der Waals surface area contributed by atoms with Crippen molar-refractivity contribution in [3.63, 3.8) is 0 Å². The molecule has 3 nitrogen and oxygen atoms in total. The Labute approximate surface area is 123 Å². The summed E-state index contributed by atoms with van der Waals surface area (Å²) < 4.78 is 1.89. The molecule has 2 rings (SSSR count). The number of anilines is 1. The lowest BCUT2D eigenvalue weighted by Gasteiger charge is -2.18. The molecule has 1 N–H and O–H groups in total. The van der Waals surface area contributed by atoms with Crippen molar-refractivity contribution in [2.24, 2.45) is 0 Å². The quantitative estimate of drug-likeness (QED) is 0.861. The summed E-state index contributed by atoms with van der Waals surface area (Å²) in [5.74, 6) is 0. The Balaban J connectivity index is 2.17.